The summed E-state index contributed by atoms with van der Waals surface area (Å²) in [6.45, 7) is 0. The summed E-state index contributed by atoms with van der Waals surface area (Å²) in [5.41, 5.74) is 5.90. The molecule has 1 amide bonds. The molecule has 3 aromatic rings. The number of carbonyl (C=O) groups is 2. The highest BCUT2D eigenvalue weighted by Gasteiger charge is 2.45. The lowest BCUT2D eigenvalue weighted by Gasteiger charge is -2.35. The van der Waals surface area contributed by atoms with Gasteiger partial charge in [0, 0.05) is 21.7 Å². The maximum absolute atomic E-state index is 12.1. The van der Waals surface area contributed by atoms with Crippen LogP contribution < -0.4 is 21.1 Å². The summed E-state index contributed by atoms with van der Waals surface area (Å²) in [5.74, 6) is -1.80. The molecular weight excluding hydrogens is 503 g/mol. The molecule has 0 spiro atoms. The monoisotopic (exact) mass is 520 g/mol. The molecule has 34 heavy (non-hydrogen) atoms. The van der Waals surface area contributed by atoms with E-state index in [2.05, 4.69) is 15.4 Å². The van der Waals surface area contributed by atoms with Crippen LogP contribution in [-0.2, 0) is 15.7 Å². The average molecular weight is 521 g/mol. The molecule has 0 bridgehead atoms. The lowest BCUT2D eigenvalue weighted by Crippen LogP contribution is -2.41. The number of primary amides is 1. The normalized spacial score (nSPS) is 16.8. The molecule has 0 aliphatic carbocycles. The van der Waals surface area contributed by atoms with Gasteiger partial charge in [-0.3, -0.25) is 9.52 Å². The molecular formula is C22H18Cl2N4O5S. The highest BCUT2D eigenvalue weighted by molar-refractivity contribution is 7.92. The molecule has 0 aromatic heterocycles. The summed E-state index contributed by atoms with van der Waals surface area (Å²) < 4.78 is 26.7. The van der Waals surface area contributed by atoms with Crippen LogP contribution in [0.15, 0.2) is 54.6 Å². The van der Waals surface area contributed by atoms with Crippen LogP contribution in [-0.4, -0.2) is 31.7 Å². The fraction of sp³-hybridized carbons (Fsp3) is 0.0909. The molecule has 1 atom stereocenters. The average Bonchev–Trinajstić information content (AvgIpc) is 3.11. The third kappa shape index (κ3) is 4.23. The Bertz CT molecular complexity index is 1460. The largest absolute Gasteiger partial charge is 0.478 e. The fourth-order valence-electron chi connectivity index (χ4n) is 3.88. The van der Waals surface area contributed by atoms with Gasteiger partial charge in [-0.1, -0.05) is 35.3 Å². The summed E-state index contributed by atoms with van der Waals surface area (Å²) in [6, 6.07) is 13.5. The number of rotatable bonds is 6. The minimum atomic E-state index is -3.70. The Kier molecular flexibility index (Phi) is 5.84. The van der Waals surface area contributed by atoms with E-state index in [9.17, 15) is 23.1 Å². The van der Waals surface area contributed by atoms with E-state index in [1.54, 1.807) is 24.3 Å². The van der Waals surface area contributed by atoms with E-state index in [4.69, 9.17) is 28.9 Å². The molecule has 1 heterocycles. The van der Waals surface area contributed by atoms with E-state index in [1.165, 1.54) is 30.3 Å². The van der Waals surface area contributed by atoms with Crippen LogP contribution in [0.2, 0.25) is 10.0 Å². The number of anilines is 3. The first-order valence-corrected chi connectivity index (χ1v) is 12.4. The van der Waals surface area contributed by atoms with Crippen LogP contribution in [0.3, 0.4) is 0 Å². The molecule has 3 aromatic carbocycles. The van der Waals surface area contributed by atoms with E-state index in [1.807, 2.05) is 0 Å². The molecule has 0 radical (unpaired) electrons. The topological polar surface area (TPSA) is 151 Å². The predicted octanol–water partition coefficient (Wildman–Crippen LogP) is 3.90. The van der Waals surface area contributed by atoms with Crippen molar-refractivity contribution in [2.75, 3.05) is 21.6 Å². The van der Waals surface area contributed by atoms with Gasteiger partial charge in [0.25, 0.3) is 0 Å². The molecule has 1 aliphatic rings. The third-order valence-electron chi connectivity index (χ3n) is 5.25. The lowest BCUT2D eigenvalue weighted by atomic mass is 9.89. The van der Waals surface area contributed by atoms with Crippen molar-refractivity contribution in [1.82, 2.24) is 0 Å². The summed E-state index contributed by atoms with van der Waals surface area (Å²) >= 11 is 13.2. The van der Waals surface area contributed by atoms with Crippen molar-refractivity contribution in [2.45, 2.75) is 5.66 Å². The number of hydrogen-bond acceptors (Lipinski definition) is 6. The van der Waals surface area contributed by atoms with Gasteiger partial charge in [0.2, 0.25) is 15.9 Å². The maximum atomic E-state index is 12.1. The maximum Gasteiger partial charge on any atom is 0.335 e. The third-order valence-corrected chi connectivity index (χ3v) is 6.47. The summed E-state index contributed by atoms with van der Waals surface area (Å²) in [6.07, 6.45) is 1.00. The Balaban J connectivity index is 2.01. The number of nitrogens with one attached hydrogen (secondary N) is 3. The zero-order valence-corrected chi connectivity index (χ0v) is 19.8. The Morgan fingerprint density at radius 2 is 1.65 bits per heavy atom. The van der Waals surface area contributed by atoms with Gasteiger partial charge in [0.15, 0.2) is 5.66 Å². The van der Waals surface area contributed by atoms with E-state index in [-0.39, 0.29) is 32.4 Å². The molecule has 0 saturated carbocycles. The number of carboxylic acid groups (broad SMARTS) is 1. The van der Waals surface area contributed by atoms with E-state index in [0.717, 1.165) is 6.26 Å². The predicted molar refractivity (Wildman–Crippen MR) is 131 cm³/mol. The van der Waals surface area contributed by atoms with E-state index < -0.39 is 27.6 Å². The molecule has 1 unspecified atom stereocenters. The second-order valence-corrected chi connectivity index (χ2v) is 10.2. The van der Waals surface area contributed by atoms with Gasteiger partial charge < -0.3 is 21.5 Å². The fourth-order valence-corrected chi connectivity index (χ4v) is 5.09. The molecule has 1 aliphatic heterocycles. The van der Waals surface area contributed by atoms with E-state index >= 15 is 0 Å². The first kappa shape index (κ1) is 23.7. The van der Waals surface area contributed by atoms with Gasteiger partial charge in [-0.05, 0) is 42.5 Å². The number of hydrogen-bond donors (Lipinski definition) is 5. The molecule has 4 rings (SSSR count). The lowest BCUT2D eigenvalue weighted by molar-refractivity contribution is 0.0696. The molecule has 0 fully saturated rings. The Hall–Kier alpha value is -3.47. The highest BCUT2D eigenvalue weighted by Crippen LogP contribution is 2.50. The van der Waals surface area contributed by atoms with Crippen molar-refractivity contribution in [3.8, 4) is 0 Å². The second-order valence-electron chi connectivity index (χ2n) is 7.66. The summed E-state index contributed by atoms with van der Waals surface area (Å²) in [4.78, 5) is 23.2. The standard InChI is InChI=1S/C22H18Cl2N4O5S/c1-34(32,33)28-17-4-2-3-14(23)19(17)22(13-7-5-11(20(25)29)9-15(13)24)26-16-8-6-12(21(30)31)10-18(16)27-22/h2-10,26-28H,1H3,(H2,25,29)(H,30,31). The number of carboxylic acids is 1. The van der Waals surface area contributed by atoms with Crippen molar-refractivity contribution in [3.05, 3.63) is 86.9 Å². The molecule has 0 saturated heterocycles. The van der Waals surface area contributed by atoms with Crippen LogP contribution in [0.25, 0.3) is 0 Å². The number of amides is 1. The summed E-state index contributed by atoms with van der Waals surface area (Å²) in [5, 5.41) is 16.3. The van der Waals surface area contributed by atoms with Crippen LogP contribution >= 0.6 is 23.2 Å². The van der Waals surface area contributed by atoms with E-state index in [0.29, 0.717) is 16.9 Å². The second kappa shape index (κ2) is 8.39. The number of benzene rings is 3. The van der Waals surface area contributed by atoms with Gasteiger partial charge in [-0.25, -0.2) is 13.2 Å². The van der Waals surface area contributed by atoms with Gasteiger partial charge in [0.05, 0.1) is 33.9 Å². The Morgan fingerprint density at radius 3 is 2.26 bits per heavy atom. The zero-order valence-electron chi connectivity index (χ0n) is 17.5. The number of fused-ring (bicyclic) bond motifs is 1. The van der Waals surface area contributed by atoms with Gasteiger partial charge >= 0.3 is 5.97 Å². The molecule has 6 N–H and O–H groups in total. The highest BCUT2D eigenvalue weighted by atomic mass is 35.5. The zero-order chi connectivity index (χ0) is 24.8. The van der Waals surface area contributed by atoms with Gasteiger partial charge in [-0.2, -0.15) is 0 Å². The van der Waals surface area contributed by atoms with Crippen LogP contribution in [0.5, 0.6) is 0 Å². The van der Waals surface area contributed by atoms with Crippen LogP contribution in [0.1, 0.15) is 31.8 Å². The van der Waals surface area contributed by atoms with Crippen molar-refractivity contribution in [1.29, 1.82) is 0 Å². The first-order chi connectivity index (χ1) is 15.9. The SMILES string of the molecule is CS(=O)(=O)Nc1cccc(Cl)c1C1(c2ccc(C(N)=O)cc2Cl)Nc2ccc(C(=O)O)cc2N1. The van der Waals surface area contributed by atoms with Crippen LogP contribution in [0.4, 0.5) is 17.1 Å². The van der Waals surface area contributed by atoms with Gasteiger partial charge in [0.1, 0.15) is 0 Å². The van der Waals surface area contributed by atoms with Crippen molar-refractivity contribution in [3.63, 3.8) is 0 Å². The number of sulfonamides is 1. The molecule has 176 valence electrons. The number of halogens is 2. The Labute approximate surface area is 204 Å². The molecule has 9 nitrogen and oxygen atoms in total. The number of nitrogens with two attached hydrogens (primary N) is 1. The number of carbonyl (C=O) groups excluding carboxylic acids is 1. The summed E-state index contributed by atoms with van der Waals surface area (Å²) in [7, 11) is -3.70. The Morgan fingerprint density at radius 1 is 0.971 bits per heavy atom. The minimum Gasteiger partial charge on any atom is -0.478 e. The quantitative estimate of drug-likeness (QED) is 0.330. The van der Waals surface area contributed by atoms with Crippen molar-refractivity contribution >= 4 is 62.2 Å². The minimum absolute atomic E-state index is 0.0349. The number of aromatic carboxylic acids is 1. The smallest absolute Gasteiger partial charge is 0.335 e. The molecule has 12 heteroatoms. The van der Waals surface area contributed by atoms with Crippen molar-refractivity contribution < 1.29 is 23.1 Å². The van der Waals surface area contributed by atoms with Gasteiger partial charge in [-0.15, -0.1) is 0 Å². The van der Waals surface area contributed by atoms with Crippen LogP contribution in [0, 0.1) is 0 Å². The van der Waals surface area contributed by atoms with Crippen molar-refractivity contribution in [2.24, 2.45) is 5.73 Å². The first-order valence-electron chi connectivity index (χ1n) is 9.71.